The Hall–Kier alpha value is -3.61. The number of carbonyl (C=O) groups excluding carboxylic acids is 4. The van der Waals surface area contributed by atoms with E-state index in [2.05, 4.69) is 13.8 Å². The van der Waals surface area contributed by atoms with Gasteiger partial charge in [0.15, 0.2) is 24.8 Å². The summed E-state index contributed by atoms with van der Waals surface area (Å²) in [6.45, 7) is 23.3. The first-order valence-corrected chi connectivity index (χ1v) is 27.2. The molecule has 4 fully saturated rings. The first kappa shape index (κ1) is 64.2. The maximum atomic E-state index is 14.6. The fraction of sp³-hybridized carbons (Fsp3) is 0.839. The second-order valence-electron chi connectivity index (χ2n) is 24.4. The highest BCUT2D eigenvalue weighted by atomic mass is 16.7. The molecule has 0 spiro atoms. The average molecular weight is 1100 g/mol. The van der Waals surface area contributed by atoms with Gasteiger partial charge in [0.2, 0.25) is 0 Å². The number of aliphatic hydroxyl groups is 7. The largest absolute Gasteiger partial charge is 0.479 e. The summed E-state index contributed by atoms with van der Waals surface area (Å²) in [5, 5.41) is 89.4. The number of hydrogen-bond acceptors (Lipinski definition) is 20. The van der Waals surface area contributed by atoms with E-state index in [4.69, 9.17) is 37.9 Å². The third-order valence-electron chi connectivity index (χ3n) is 19.8. The third kappa shape index (κ3) is 11.4. The van der Waals surface area contributed by atoms with Crippen LogP contribution >= 0.6 is 0 Å². The number of methoxy groups -OCH3 is 1. The summed E-state index contributed by atoms with van der Waals surface area (Å²) in [6, 6.07) is 0. The van der Waals surface area contributed by atoms with Crippen LogP contribution in [0.15, 0.2) is 23.3 Å². The van der Waals surface area contributed by atoms with Crippen molar-refractivity contribution in [3.8, 4) is 0 Å². The molecule has 77 heavy (non-hydrogen) atoms. The Balaban J connectivity index is 1.59. The minimum atomic E-state index is -2.05. The number of aliphatic hydroxyl groups excluding tert-OH is 7. The lowest BCUT2D eigenvalue weighted by Crippen LogP contribution is -2.70. The van der Waals surface area contributed by atoms with E-state index in [1.54, 1.807) is 40.7 Å². The van der Waals surface area contributed by atoms with Crippen LogP contribution < -0.4 is 0 Å². The van der Waals surface area contributed by atoms with E-state index in [0.717, 1.165) is 5.57 Å². The predicted molar refractivity (Wildman–Crippen MR) is 274 cm³/mol. The van der Waals surface area contributed by atoms with Crippen LogP contribution in [-0.2, 0) is 61.9 Å². The summed E-state index contributed by atoms with van der Waals surface area (Å²) in [5.74, 6) is -5.99. The van der Waals surface area contributed by atoms with Crippen LogP contribution in [0.5, 0.6) is 0 Å². The summed E-state index contributed by atoms with van der Waals surface area (Å²) in [6.07, 6.45) is -17.7. The maximum absolute atomic E-state index is 14.6. The van der Waals surface area contributed by atoms with Gasteiger partial charge in [-0.15, -0.1) is 0 Å². The number of allylic oxidation sites excluding steroid dienone is 2. The van der Waals surface area contributed by atoms with E-state index in [1.165, 1.54) is 14.0 Å². The van der Waals surface area contributed by atoms with E-state index in [0.29, 0.717) is 38.5 Å². The molecule has 0 aromatic carbocycles. The van der Waals surface area contributed by atoms with E-state index in [1.807, 2.05) is 47.6 Å². The molecule has 0 radical (unpaired) electrons. The number of rotatable bonds is 20. The normalized spacial score (nSPS) is 39.4. The molecular formula is C56H90O21. The predicted octanol–water partition coefficient (Wildman–Crippen LogP) is 3.66. The molecule has 5 aliphatic rings. The summed E-state index contributed by atoms with van der Waals surface area (Å²) < 4.78 is 47.8. The molecule has 3 aliphatic carbocycles. The van der Waals surface area contributed by atoms with Crippen molar-refractivity contribution >= 4 is 29.8 Å². The van der Waals surface area contributed by atoms with E-state index >= 15 is 0 Å². The number of hydrogen-bond donors (Lipinski definition) is 8. The average Bonchev–Trinajstić information content (AvgIpc) is 3.41. The molecule has 0 amide bonds. The molecule has 14 unspecified atom stereocenters. The SMILES string of the molecule is C/C=C(/C)C(=O)O[C@@H]([C@H](OC(=O)C(C)CC)C(C)(CO)[C@H](OC(C)=O)[C@H](O)[C@]1(C)C(C)=CCC2[C@@]3(C)CCC(OC4OC(C(=O)O)C(O)C(OC5OCC(O)C(O)C5O)C4O)[C@@](C)(C(=O)OC)C3CC[C@]21C)C(C)(C)CC. The summed E-state index contributed by atoms with van der Waals surface area (Å²) in [7, 11) is 1.23. The Morgan fingerprint density at radius 3 is 2.03 bits per heavy atom. The van der Waals surface area contributed by atoms with Crippen molar-refractivity contribution < 1.29 is 103 Å². The van der Waals surface area contributed by atoms with Gasteiger partial charge in [-0.3, -0.25) is 14.4 Å². The van der Waals surface area contributed by atoms with Crippen molar-refractivity contribution in [1.82, 2.24) is 0 Å². The Labute approximate surface area is 452 Å². The molecule has 21 nitrogen and oxygen atoms in total. The van der Waals surface area contributed by atoms with Crippen LogP contribution in [0.3, 0.4) is 0 Å². The lowest BCUT2D eigenvalue weighted by Gasteiger charge is -2.69. The van der Waals surface area contributed by atoms with Crippen molar-refractivity contribution in [2.75, 3.05) is 20.3 Å². The summed E-state index contributed by atoms with van der Waals surface area (Å²) in [4.78, 5) is 68.4. The fourth-order valence-electron chi connectivity index (χ4n) is 13.6. The zero-order valence-corrected chi connectivity index (χ0v) is 47.7. The number of ether oxygens (including phenoxy) is 8. The van der Waals surface area contributed by atoms with Gasteiger partial charge in [0, 0.05) is 23.3 Å². The Morgan fingerprint density at radius 1 is 0.844 bits per heavy atom. The second-order valence-corrected chi connectivity index (χ2v) is 24.4. The number of fused-ring (bicyclic) bond motifs is 3. The van der Waals surface area contributed by atoms with Crippen LogP contribution in [0.25, 0.3) is 0 Å². The molecular weight excluding hydrogens is 1010 g/mol. The lowest BCUT2D eigenvalue weighted by molar-refractivity contribution is -0.356. The zero-order chi connectivity index (χ0) is 58.3. The number of carbonyl (C=O) groups is 5. The minimum absolute atomic E-state index is 0.113. The Kier molecular flexibility index (Phi) is 20.2. The summed E-state index contributed by atoms with van der Waals surface area (Å²) in [5.41, 5.74) is -6.22. The van der Waals surface area contributed by atoms with Crippen LogP contribution in [0.1, 0.15) is 142 Å². The Bertz CT molecular complexity index is 2200. The van der Waals surface area contributed by atoms with Crippen molar-refractivity contribution in [1.29, 1.82) is 0 Å². The monoisotopic (exact) mass is 1100 g/mol. The molecule has 21 heteroatoms. The second kappa shape index (κ2) is 24.2. The highest BCUT2D eigenvalue weighted by molar-refractivity contribution is 5.87. The van der Waals surface area contributed by atoms with Crippen LogP contribution in [0.4, 0.5) is 0 Å². The van der Waals surface area contributed by atoms with Gasteiger partial charge in [-0.2, -0.15) is 0 Å². The molecule has 5 rings (SSSR count). The van der Waals surface area contributed by atoms with E-state index in [-0.39, 0.29) is 17.9 Å². The standard InChI is InChI=1S/C56H90O21/c1-16-27(4)46(67)76-43(51(8,9)18-3)44(77-47(68)28(5)17-2)53(11,26-57)42(72-30(7)58)41(64)56(14)29(6)19-20-32-52(10)23-22-34(55(13,50(69)70-15)33(52)21-24-54(32,56)12)73-49-38(63)39(37(62)40(75-49)45(65)66)74-48-36(61)35(60)31(59)25-71-48/h16,19,28,31-44,48-49,57,59-64H,17-18,20-26H2,1-15H3,(H,65,66)/b27-16-/t28?,31?,32?,33?,34?,35?,36?,37?,38?,39?,40?,41-,42+,43-,44-,48?,49?,52+,53?,54+,55-,56-/m0/s1. The van der Waals surface area contributed by atoms with Crippen LogP contribution in [0.2, 0.25) is 0 Å². The molecule has 2 heterocycles. The van der Waals surface area contributed by atoms with Crippen molar-refractivity contribution in [2.24, 2.45) is 50.2 Å². The third-order valence-corrected chi connectivity index (χ3v) is 19.8. The first-order chi connectivity index (χ1) is 35.7. The van der Waals surface area contributed by atoms with Gasteiger partial charge in [-0.05, 0) is 102 Å². The van der Waals surface area contributed by atoms with Gasteiger partial charge in [0.25, 0.3) is 0 Å². The quantitative estimate of drug-likeness (QED) is 0.0284. The first-order valence-electron chi connectivity index (χ1n) is 27.2. The number of carboxylic acid groups (broad SMARTS) is 1. The van der Waals surface area contributed by atoms with Gasteiger partial charge in [0.1, 0.15) is 54.9 Å². The molecule has 2 aliphatic heterocycles. The van der Waals surface area contributed by atoms with E-state index in [9.17, 15) is 64.8 Å². The van der Waals surface area contributed by atoms with Gasteiger partial charge in [0.05, 0.1) is 43.2 Å². The number of aliphatic carboxylic acids is 1. The lowest BCUT2D eigenvalue weighted by atomic mass is 9.35. The number of esters is 4. The van der Waals surface area contributed by atoms with Crippen molar-refractivity contribution in [2.45, 2.75) is 228 Å². The van der Waals surface area contributed by atoms with Crippen molar-refractivity contribution in [3.63, 3.8) is 0 Å². The molecule has 22 atom stereocenters. The highest BCUT2D eigenvalue weighted by Gasteiger charge is 2.71. The molecule has 0 aromatic heterocycles. The molecule has 2 saturated carbocycles. The van der Waals surface area contributed by atoms with Gasteiger partial charge in [-0.25, -0.2) is 9.59 Å². The molecule has 440 valence electrons. The molecule has 0 bridgehead atoms. The van der Waals surface area contributed by atoms with Crippen molar-refractivity contribution in [3.05, 3.63) is 23.3 Å². The summed E-state index contributed by atoms with van der Waals surface area (Å²) >= 11 is 0. The fourth-order valence-corrected chi connectivity index (χ4v) is 13.6. The molecule has 2 saturated heterocycles. The van der Waals surface area contributed by atoms with Gasteiger partial charge in [-0.1, -0.05) is 73.1 Å². The zero-order valence-electron chi connectivity index (χ0n) is 47.7. The smallest absolute Gasteiger partial charge is 0.335 e. The Morgan fingerprint density at radius 2 is 1.48 bits per heavy atom. The topological polar surface area (TPSA) is 321 Å². The van der Waals surface area contributed by atoms with Crippen LogP contribution in [-0.4, -0.2) is 177 Å². The minimum Gasteiger partial charge on any atom is -0.479 e. The van der Waals surface area contributed by atoms with Gasteiger partial charge < -0.3 is 78.7 Å². The van der Waals surface area contributed by atoms with Crippen LogP contribution in [0, 0.1) is 50.2 Å². The van der Waals surface area contributed by atoms with Gasteiger partial charge >= 0.3 is 29.8 Å². The molecule has 0 aromatic rings. The number of carboxylic acids is 1. The molecule has 8 N–H and O–H groups in total. The maximum Gasteiger partial charge on any atom is 0.335 e. The van der Waals surface area contributed by atoms with E-state index < -0.39 is 173 Å². The highest BCUT2D eigenvalue weighted by Crippen LogP contribution is 2.72.